The average Bonchev–Trinajstić information content (AvgIpc) is 2.76. The number of amides is 1. The highest BCUT2D eigenvalue weighted by atomic mass is 16.1. The van der Waals surface area contributed by atoms with Crippen LogP contribution in [0.4, 0.5) is 0 Å². The molecule has 0 fully saturated rings. The molecule has 2 rings (SSSR count). The zero-order valence-electron chi connectivity index (χ0n) is 10.1. The summed E-state index contributed by atoms with van der Waals surface area (Å²) >= 11 is 0. The van der Waals surface area contributed by atoms with E-state index in [1.54, 1.807) is 6.20 Å². The van der Waals surface area contributed by atoms with Crippen LogP contribution < -0.4 is 5.32 Å². The van der Waals surface area contributed by atoms with Gasteiger partial charge in [0.15, 0.2) is 6.29 Å². The second kappa shape index (κ2) is 5.31. The molecule has 1 aromatic heterocycles. The van der Waals surface area contributed by atoms with Gasteiger partial charge in [-0.3, -0.25) is 9.59 Å². The lowest BCUT2D eigenvalue weighted by atomic mass is 10.1. The predicted molar refractivity (Wildman–Crippen MR) is 71.4 cm³/mol. The van der Waals surface area contributed by atoms with Gasteiger partial charge in [0.2, 0.25) is 5.91 Å². The van der Waals surface area contributed by atoms with Crippen LogP contribution in [0.3, 0.4) is 0 Å². The molecular weight excluding hydrogens is 228 g/mol. The molecule has 0 aliphatic heterocycles. The monoisotopic (exact) mass is 242 g/mol. The van der Waals surface area contributed by atoms with Gasteiger partial charge in [-0.2, -0.15) is 0 Å². The summed E-state index contributed by atoms with van der Waals surface area (Å²) in [5.74, 6) is -0.0462. The highest BCUT2D eigenvalue weighted by Crippen LogP contribution is 2.18. The van der Waals surface area contributed by atoms with Crippen molar-refractivity contribution in [3.8, 4) is 0 Å². The molecule has 18 heavy (non-hydrogen) atoms. The third kappa shape index (κ3) is 2.66. The third-order valence-corrected chi connectivity index (χ3v) is 2.64. The third-order valence-electron chi connectivity index (χ3n) is 2.64. The first-order valence-corrected chi connectivity index (χ1v) is 5.68. The van der Waals surface area contributed by atoms with E-state index < -0.39 is 0 Å². The van der Waals surface area contributed by atoms with E-state index in [1.807, 2.05) is 30.4 Å². The van der Waals surface area contributed by atoms with E-state index in [1.165, 1.54) is 6.92 Å². The lowest BCUT2D eigenvalue weighted by Crippen LogP contribution is -2.19. The minimum Gasteiger partial charge on any atom is -0.360 e. The number of carbonyl (C=O) groups is 2. The number of fused-ring (bicyclic) bond motifs is 1. The normalized spacial score (nSPS) is 10.9. The largest absolute Gasteiger partial charge is 0.360 e. The number of aromatic nitrogens is 1. The van der Waals surface area contributed by atoms with Gasteiger partial charge in [0.25, 0.3) is 0 Å². The summed E-state index contributed by atoms with van der Waals surface area (Å²) in [7, 11) is 0. The Bertz CT molecular complexity index is 611. The summed E-state index contributed by atoms with van der Waals surface area (Å²) in [4.78, 5) is 24.5. The van der Waals surface area contributed by atoms with E-state index in [0.717, 1.165) is 22.8 Å². The standard InChI is InChI=1S/C14H14N2O2/c1-10(18)15-6-2-3-11-4-5-13-12(9-17)8-16-14(13)7-11/h2-5,7-9,16H,6H2,1H3,(H,15,18). The molecule has 0 atom stereocenters. The molecule has 0 aliphatic rings. The number of nitrogens with one attached hydrogen (secondary N) is 2. The minimum atomic E-state index is -0.0462. The van der Waals surface area contributed by atoms with Gasteiger partial charge in [0, 0.05) is 36.1 Å². The number of aldehydes is 1. The summed E-state index contributed by atoms with van der Waals surface area (Å²) in [6, 6.07) is 5.81. The van der Waals surface area contributed by atoms with Gasteiger partial charge >= 0.3 is 0 Å². The maximum absolute atomic E-state index is 10.8. The van der Waals surface area contributed by atoms with Crippen LogP contribution in [-0.4, -0.2) is 23.7 Å². The molecular formula is C14H14N2O2. The first-order chi connectivity index (χ1) is 8.70. The summed E-state index contributed by atoms with van der Waals surface area (Å²) < 4.78 is 0. The van der Waals surface area contributed by atoms with E-state index in [-0.39, 0.29) is 5.91 Å². The Morgan fingerprint density at radius 1 is 1.44 bits per heavy atom. The molecule has 0 spiro atoms. The van der Waals surface area contributed by atoms with E-state index >= 15 is 0 Å². The maximum atomic E-state index is 10.8. The van der Waals surface area contributed by atoms with Crippen LogP contribution in [0, 0.1) is 0 Å². The van der Waals surface area contributed by atoms with Crippen molar-refractivity contribution in [2.24, 2.45) is 0 Å². The molecule has 0 saturated carbocycles. The molecule has 0 saturated heterocycles. The van der Waals surface area contributed by atoms with Gasteiger partial charge in [0.1, 0.15) is 0 Å². The first-order valence-electron chi connectivity index (χ1n) is 5.68. The van der Waals surface area contributed by atoms with E-state index in [2.05, 4.69) is 10.3 Å². The Morgan fingerprint density at radius 2 is 2.28 bits per heavy atom. The van der Waals surface area contributed by atoms with Crippen molar-refractivity contribution in [3.63, 3.8) is 0 Å². The molecule has 4 nitrogen and oxygen atoms in total. The second-order valence-corrected chi connectivity index (χ2v) is 4.01. The smallest absolute Gasteiger partial charge is 0.217 e. The highest BCUT2D eigenvalue weighted by Gasteiger charge is 2.01. The number of rotatable bonds is 4. The molecule has 0 bridgehead atoms. The summed E-state index contributed by atoms with van der Waals surface area (Å²) in [6.07, 6.45) is 6.34. The molecule has 1 amide bonds. The zero-order chi connectivity index (χ0) is 13.0. The lowest BCUT2D eigenvalue weighted by molar-refractivity contribution is -0.118. The van der Waals surface area contributed by atoms with E-state index in [0.29, 0.717) is 12.1 Å². The Kier molecular flexibility index (Phi) is 3.57. The number of benzene rings is 1. The first kappa shape index (κ1) is 12.1. The van der Waals surface area contributed by atoms with Gasteiger partial charge < -0.3 is 10.3 Å². The fourth-order valence-corrected chi connectivity index (χ4v) is 1.77. The van der Waals surface area contributed by atoms with Crippen molar-refractivity contribution < 1.29 is 9.59 Å². The van der Waals surface area contributed by atoms with Crippen LogP contribution in [0.25, 0.3) is 17.0 Å². The van der Waals surface area contributed by atoms with Crippen molar-refractivity contribution in [1.29, 1.82) is 0 Å². The zero-order valence-corrected chi connectivity index (χ0v) is 10.1. The molecule has 0 radical (unpaired) electrons. The van der Waals surface area contributed by atoms with E-state index in [4.69, 9.17) is 0 Å². The summed E-state index contributed by atoms with van der Waals surface area (Å²) in [5.41, 5.74) is 2.62. The molecule has 0 unspecified atom stereocenters. The van der Waals surface area contributed by atoms with Crippen LogP contribution >= 0.6 is 0 Å². The molecule has 92 valence electrons. The Morgan fingerprint density at radius 3 is 3.00 bits per heavy atom. The quantitative estimate of drug-likeness (QED) is 0.807. The van der Waals surface area contributed by atoms with Crippen molar-refractivity contribution in [2.45, 2.75) is 6.92 Å². The second-order valence-electron chi connectivity index (χ2n) is 4.01. The lowest BCUT2D eigenvalue weighted by Gasteiger charge is -1.97. The molecule has 2 aromatic rings. The Labute approximate surface area is 105 Å². The SMILES string of the molecule is CC(=O)NCC=Cc1ccc2c(C=O)c[nH]c2c1. The summed E-state index contributed by atoms with van der Waals surface area (Å²) in [6.45, 7) is 2.00. The van der Waals surface area contributed by atoms with Gasteiger partial charge in [-0.15, -0.1) is 0 Å². The van der Waals surface area contributed by atoms with Crippen molar-refractivity contribution in [3.05, 3.63) is 41.6 Å². The van der Waals surface area contributed by atoms with Crippen molar-refractivity contribution in [2.75, 3.05) is 6.54 Å². The van der Waals surface area contributed by atoms with Crippen LogP contribution in [0.2, 0.25) is 0 Å². The molecule has 4 heteroatoms. The minimum absolute atomic E-state index is 0.0462. The average molecular weight is 242 g/mol. The highest BCUT2D eigenvalue weighted by molar-refractivity contribution is 5.97. The molecule has 2 N–H and O–H groups in total. The molecule has 1 heterocycles. The Balaban J connectivity index is 2.15. The van der Waals surface area contributed by atoms with Crippen molar-refractivity contribution >= 4 is 29.2 Å². The van der Waals surface area contributed by atoms with Gasteiger partial charge in [0.05, 0.1) is 0 Å². The van der Waals surface area contributed by atoms with Gasteiger partial charge in [-0.1, -0.05) is 24.3 Å². The predicted octanol–water partition coefficient (Wildman–Crippen LogP) is 2.13. The van der Waals surface area contributed by atoms with Crippen LogP contribution in [0.1, 0.15) is 22.8 Å². The number of H-pyrrole nitrogens is 1. The fraction of sp³-hybridized carbons (Fsp3) is 0.143. The maximum Gasteiger partial charge on any atom is 0.217 e. The number of aromatic amines is 1. The van der Waals surface area contributed by atoms with Crippen molar-refractivity contribution in [1.82, 2.24) is 10.3 Å². The van der Waals surface area contributed by atoms with Crippen LogP contribution in [-0.2, 0) is 4.79 Å². The molecule has 1 aromatic carbocycles. The molecule has 0 aliphatic carbocycles. The number of hydrogen-bond donors (Lipinski definition) is 2. The topological polar surface area (TPSA) is 62.0 Å². The number of hydrogen-bond acceptors (Lipinski definition) is 2. The van der Waals surface area contributed by atoms with Crippen LogP contribution in [0.15, 0.2) is 30.5 Å². The van der Waals surface area contributed by atoms with E-state index in [9.17, 15) is 9.59 Å². The van der Waals surface area contributed by atoms with Crippen LogP contribution in [0.5, 0.6) is 0 Å². The van der Waals surface area contributed by atoms with Gasteiger partial charge in [-0.05, 0) is 11.6 Å². The fourth-order valence-electron chi connectivity index (χ4n) is 1.77. The van der Waals surface area contributed by atoms with Gasteiger partial charge in [-0.25, -0.2) is 0 Å². The Hall–Kier alpha value is -2.36. The number of carbonyl (C=O) groups excluding carboxylic acids is 2. The summed E-state index contributed by atoms with van der Waals surface area (Å²) in [5, 5.41) is 3.61.